The molecule has 0 aliphatic rings. The summed E-state index contributed by atoms with van der Waals surface area (Å²) in [6, 6.07) is 8.60. The molecule has 2 N–H and O–H groups in total. The molecule has 0 heterocycles. The van der Waals surface area contributed by atoms with Crippen molar-refractivity contribution in [2.75, 3.05) is 5.32 Å². The van der Waals surface area contributed by atoms with Crippen molar-refractivity contribution in [1.29, 1.82) is 0 Å². The van der Waals surface area contributed by atoms with Gasteiger partial charge in [0.1, 0.15) is 5.75 Å². The van der Waals surface area contributed by atoms with Crippen LogP contribution in [0, 0.1) is 13.8 Å². The van der Waals surface area contributed by atoms with E-state index < -0.39 is 11.4 Å². The standard InChI is InChI=1S/C16H14F3NO2S.C2H6/c1-9-7-10(2)14(21)13(8-9)15(22)20-11-3-5-12(6-4-11)23-16(17,18)19;1-2/h3-8,21H,1-2H3,(H,20,22);1-2H3. The molecule has 3 nitrogen and oxygen atoms in total. The highest BCUT2D eigenvalue weighted by Gasteiger charge is 2.29. The minimum atomic E-state index is -4.35. The summed E-state index contributed by atoms with van der Waals surface area (Å²) < 4.78 is 36.8. The lowest BCUT2D eigenvalue weighted by molar-refractivity contribution is -0.0328. The summed E-state index contributed by atoms with van der Waals surface area (Å²) in [7, 11) is 0. The summed E-state index contributed by atoms with van der Waals surface area (Å²) in [6.07, 6.45) is 0. The second-order valence-electron chi connectivity index (χ2n) is 5.00. The number of carbonyl (C=O) groups excluding carboxylic acids is 1. The van der Waals surface area contributed by atoms with Crippen molar-refractivity contribution in [2.45, 2.75) is 38.1 Å². The Balaban J connectivity index is 0.00000151. The summed E-state index contributed by atoms with van der Waals surface area (Å²) in [5, 5.41) is 12.5. The zero-order valence-corrected chi connectivity index (χ0v) is 15.2. The van der Waals surface area contributed by atoms with Gasteiger partial charge in [-0.25, -0.2) is 0 Å². The lowest BCUT2D eigenvalue weighted by Crippen LogP contribution is -2.12. The number of amides is 1. The van der Waals surface area contributed by atoms with E-state index in [1.807, 2.05) is 13.8 Å². The van der Waals surface area contributed by atoms with Gasteiger partial charge in [-0.1, -0.05) is 19.9 Å². The Kier molecular flexibility index (Phi) is 7.36. The molecule has 0 aromatic heterocycles. The maximum absolute atomic E-state index is 12.3. The molecule has 0 spiro atoms. The Bertz CT molecular complexity index is 728. The fourth-order valence-corrected chi connectivity index (χ4v) is 2.61. The molecule has 0 bridgehead atoms. The van der Waals surface area contributed by atoms with Crippen LogP contribution in [0.2, 0.25) is 0 Å². The molecule has 0 saturated carbocycles. The summed E-state index contributed by atoms with van der Waals surface area (Å²) in [5.41, 5.74) is -2.49. The van der Waals surface area contributed by atoms with Gasteiger partial charge in [0.25, 0.3) is 5.91 Å². The van der Waals surface area contributed by atoms with Gasteiger partial charge in [-0.2, -0.15) is 13.2 Å². The first-order chi connectivity index (χ1) is 11.7. The quantitative estimate of drug-likeness (QED) is 0.661. The molecule has 0 saturated heterocycles. The number of aryl methyl sites for hydroxylation is 2. The van der Waals surface area contributed by atoms with Crippen molar-refractivity contribution in [1.82, 2.24) is 0 Å². The van der Waals surface area contributed by atoms with Gasteiger partial charge in [0.15, 0.2) is 0 Å². The van der Waals surface area contributed by atoms with Crippen LogP contribution in [0.5, 0.6) is 5.75 Å². The molecule has 0 atom stereocenters. The lowest BCUT2D eigenvalue weighted by atomic mass is 10.0. The molecule has 1 amide bonds. The van der Waals surface area contributed by atoms with Gasteiger partial charge in [-0.05, 0) is 67.1 Å². The number of rotatable bonds is 3. The molecule has 0 unspecified atom stereocenters. The normalized spacial score (nSPS) is 10.7. The third kappa shape index (κ3) is 6.34. The first-order valence-electron chi connectivity index (χ1n) is 7.63. The third-order valence-electron chi connectivity index (χ3n) is 3.04. The van der Waals surface area contributed by atoms with Gasteiger partial charge in [0.2, 0.25) is 0 Å². The minimum absolute atomic E-state index is 0.0322. The fourth-order valence-electron chi connectivity index (χ4n) is 2.07. The van der Waals surface area contributed by atoms with Crippen molar-refractivity contribution < 1.29 is 23.1 Å². The smallest absolute Gasteiger partial charge is 0.446 e. The highest BCUT2D eigenvalue weighted by atomic mass is 32.2. The van der Waals surface area contributed by atoms with Crippen LogP contribution in [0.1, 0.15) is 35.3 Å². The summed E-state index contributed by atoms with van der Waals surface area (Å²) >= 11 is -0.222. The Labute approximate surface area is 149 Å². The van der Waals surface area contributed by atoms with Crippen LogP contribution in [-0.4, -0.2) is 16.5 Å². The molecular formula is C18H20F3NO2S. The van der Waals surface area contributed by atoms with E-state index in [4.69, 9.17) is 0 Å². The molecule has 25 heavy (non-hydrogen) atoms. The van der Waals surface area contributed by atoms with Gasteiger partial charge >= 0.3 is 5.51 Å². The average Bonchev–Trinajstić information content (AvgIpc) is 2.53. The Morgan fingerprint density at radius 3 is 2.16 bits per heavy atom. The van der Waals surface area contributed by atoms with E-state index in [0.717, 1.165) is 5.56 Å². The van der Waals surface area contributed by atoms with Crippen LogP contribution >= 0.6 is 11.8 Å². The number of hydrogen-bond acceptors (Lipinski definition) is 3. The van der Waals surface area contributed by atoms with Crippen LogP contribution in [0.4, 0.5) is 18.9 Å². The predicted octanol–water partition coefficient (Wildman–Crippen LogP) is 5.90. The van der Waals surface area contributed by atoms with Crippen LogP contribution in [0.15, 0.2) is 41.3 Å². The van der Waals surface area contributed by atoms with E-state index in [2.05, 4.69) is 5.32 Å². The van der Waals surface area contributed by atoms with Crippen LogP contribution in [0.3, 0.4) is 0 Å². The van der Waals surface area contributed by atoms with E-state index in [-0.39, 0.29) is 28.0 Å². The fraction of sp³-hybridized carbons (Fsp3) is 0.278. The van der Waals surface area contributed by atoms with Crippen molar-refractivity contribution in [3.05, 3.63) is 53.1 Å². The zero-order chi connectivity index (χ0) is 19.2. The summed E-state index contributed by atoms with van der Waals surface area (Å²) in [4.78, 5) is 12.2. The number of halogens is 3. The van der Waals surface area contributed by atoms with E-state index in [0.29, 0.717) is 11.3 Å². The lowest BCUT2D eigenvalue weighted by Gasteiger charge is -2.11. The SMILES string of the molecule is CC.Cc1cc(C)c(O)c(C(=O)Nc2ccc(SC(F)(F)F)cc2)c1. The highest BCUT2D eigenvalue weighted by molar-refractivity contribution is 8.00. The van der Waals surface area contributed by atoms with E-state index in [9.17, 15) is 23.1 Å². The minimum Gasteiger partial charge on any atom is -0.507 e. The van der Waals surface area contributed by atoms with Crippen LogP contribution in [-0.2, 0) is 0 Å². The topological polar surface area (TPSA) is 49.3 Å². The molecule has 0 radical (unpaired) electrons. The van der Waals surface area contributed by atoms with E-state index in [1.54, 1.807) is 26.0 Å². The number of phenolic OH excluding ortho intramolecular Hbond substituents is 1. The Morgan fingerprint density at radius 2 is 1.64 bits per heavy atom. The molecule has 2 rings (SSSR count). The number of anilines is 1. The molecule has 2 aromatic rings. The number of phenols is 1. The van der Waals surface area contributed by atoms with Crippen LogP contribution in [0.25, 0.3) is 0 Å². The molecular weight excluding hydrogens is 351 g/mol. The first kappa shape index (κ1) is 20.9. The Morgan fingerprint density at radius 1 is 1.08 bits per heavy atom. The van der Waals surface area contributed by atoms with Gasteiger partial charge in [-0.15, -0.1) is 0 Å². The number of alkyl halides is 3. The highest BCUT2D eigenvalue weighted by Crippen LogP contribution is 2.37. The molecule has 7 heteroatoms. The predicted molar refractivity (Wildman–Crippen MR) is 95.2 cm³/mol. The second kappa shape index (κ2) is 8.80. The first-order valence-corrected chi connectivity index (χ1v) is 8.45. The van der Waals surface area contributed by atoms with Gasteiger partial charge in [0, 0.05) is 10.6 Å². The van der Waals surface area contributed by atoms with Crippen LogP contribution < -0.4 is 5.32 Å². The van der Waals surface area contributed by atoms with Crippen molar-refractivity contribution in [2.24, 2.45) is 0 Å². The average molecular weight is 371 g/mol. The number of benzene rings is 2. The summed E-state index contributed by atoms with van der Waals surface area (Å²) in [5.74, 6) is -0.636. The number of hydrogen-bond donors (Lipinski definition) is 2. The maximum atomic E-state index is 12.3. The second-order valence-corrected chi connectivity index (χ2v) is 6.14. The molecule has 0 aliphatic carbocycles. The van der Waals surface area contributed by atoms with Gasteiger partial charge < -0.3 is 10.4 Å². The zero-order valence-electron chi connectivity index (χ0n) is 14.4. The number of nitrogens with one attached hydrogen (secondary N) is 1. The van der Waals surface area contributed by atoms with E-state index >= 15 is 0 Å². The molecule has 0 fully saturated rings. The summed E-state index contributed by atoms with van der Waals surface area (Å²) in [6.45, 7) is 7.48. The number of aromatic hydroxyl groups is 1. The number of thioether (sulfide) groups is 1. The van der Waals surface area contributed by atoms with Gasteiger partial charge in [-0.3, -0.25) is 4.79 Å². The Hall–Kier alpha value is -2.15. The molecule has 136 valence electrons. The molecule has 0 aliphatic heterocycles. The third-order valence-corrected chi connectivity index (χ3v) is 3.77. The van der Waals surface area contributed by atoms with Crippen molar-refractivity contribution >= 4 is 23.4 Å². The van der Waals surface area contributed by atoms with Crippen molar-refractivity contribution in [3.63, 3.8) is 0 Å². The van der Waals surface area contributed by atoms with Gasteiger partial charge in [0.05, 0.1) is 5.56 Å². The maximum Gasteiger partial charge on any atom is 0.446 e. The van der Waals surface area contributed by atoms with Crippen molar-refractivity contribution in [3.8, 4) is 5.75 Å². The number of carbonyl (C=O) groups is 1. The monoisotopic (exact) mass is 371 g/mol. The van der Waals surface area contributed by atoms with E-state index in [1.165, 1.54) is 24.3 Å². The molecule has 2 aromatic carbocycles. The largest absolute Gasteiger partial charge is 0.507 e.